The van der Waals surface area contributed by atoms with Crippen LogP contribution in [0.2, 0.25) is 0 Å². The van der Waals surface area contributed by atoms with Crippen molar-refractivity contribution in [1.82, 2.24) is 20.0 Å². The second-order valence-corrected chi connectivity index (χ2v) is 10.5. The molecule has 0 radical (unpaired) electrons. The number of nitrogens with one attached hydrogen (secondary N) is 1. The topological polar surface area (TPSA) is 103 Å². The van der Waals surface area contributed by atoms with Gasteiger partial charge in [-0.2, -0.15) is 5.10 Å². The maximum Gasteiger partial charge on any atom is 0.274 e. The zero-order valence-electron chi connectivity index (χ0n) is 19.6. The van der Waals surface area contributed by atoms with Gasteiger partial charge in [0.05, 0.1) is 41.9 Å². The van der Waals surface area contributed by atoms with Crippen molar-refractivity contribution in [2.75, 3.05) is 46.6 Å². The predicted molar refractivity (Wildman–Crippen MR) is 130 cm³/mol. The number of benzene rings is 2. The van der Waals surface area contributed by atoms with Crippen molar-refractivity contribution in [2.24, 2.45) is 0 Å². The molecule has 9 nitrogen and oxygen atoms in total. The van der Waals surface area contributed by atoms with Crippen LogP contribution in [0.3, 0.4) is 0 Å². The number of fused-ring (bicyclic) bond motifs is 3. The molecule has 1 amide bonds. The Morgan fingerprint density at radius 1 is 1.11 bits per heavy atom. The minimum atomic E-state index is -3.60. The quantitative estimate of drug-likeness (QED) is 0.500. The maximum absolute atomic E-state index is 13.4. The van der Waals surface area contributed by atoms with Crippen molar-refractivity contribution < 1.29 is 22.7 Å². The molecule has 1 saturated heterocycles. The highest BCUT2D eigenvalue weighted by atomic mass is 32.2. The van der Waals surface area contributed by atoms with Crippen molar-refractivity contribution in [3.8, 4) is 16.9 Å². The van der Waals surface area contributed by atoms with Crippen LogP contribution in [0.4, 0.5) is 0 Å². The van der Waals surface area contributed by atoms with Gasteiger partial charge in [-0.25, -0.2) is 13.1 Å². The van der Waals surface area contributed by atoms with Gasteiger partial charge in [0, 0.05) is 44.4 Å². The van der Waals surface area contributed by atoms with E-state index in [-0.39, 0.29) is 22.2 Å². The molecule has 35 heavy (non-hydrogen) atoms. The van der Waals surface area contributed by atoms with Crippen molar-refractivity contribution in [3.63, 3.8) is 0 Å². The molecule has 10 heteroatoms. The predicted octanol–water partition coefficient (Wildman–Crippen LogP) is 2.04. The monoisotopic (exact) mass is 496 g/mol. The number of hydrogen-bond acceptors (Lipinski definition) is 7. The molecule has 0 aliphatic carbocycles. The van der Waals surface area contributed by atoms with Crippen LogP contribution in [-0.2, 0) is 31.6 Å². The lowest BCUT2D eigenvalue weighted by Crippen LogP contribution is -2.41. The summed E-state index contributed by atoms with van der Waals surface area (Å²) in [7, 11) is -1.93. The first-order chi connectivity index (χ1) is 17.0. The highest BCUT2D eigenvalue weighted by molar-refractivity contribution is 7.90. The second kappa shape index (κ2) is 9.90. The van der Waals surface area contributed by atoms with E-state index in [0.717, 1.165) is 17.8 Å². The van der Waals surface area contributed by atoms with E-state index in [1.165, 1.54) is 0 Å². The largest absolute Gasteiger partial charge is 0.383 e. The number of methoxy groups -OCH3 is 1. The molecule has 2 aliphatic heterocycles. The number of sulfone groups is 1. The van der Waals surface area contributed by atoms with Crippen LogP contribution in [0.1, 0.15) is 21.6 Å². The second-order valence-electron chi connectivity index (χ2n) is 8.58. The number of morpholine rings is 1. The van der Waals surface area contributed by atoms with Gasteiger partial charge in [0.25, 0.3) is 5.91 Å². The minimum absolute atomic E-state index is 0.185. The molecule has 5 rings (SSSR count). The van der Waals surface area contributed by atoms with E-state index in [9.17, 15) is 13.2 Å². The van der Waals surface area contributed by atoms with Gasteiger partial charge in [-0.15, -0.1) is 0 Å². The molecule has 0 atom stereocenters. The fraction of sp³-hybridized carbons (Fsp3) is 0.360. The number of ether oxygens (including phenoxy) is 2. The zero-order chi connectivity index (χ0) is 24.4. The average Bonchev–Trinajstić information content (AvgIpc) is 3.26. The summed E-state index contributed by atoms with van der Waals surface area (Å²) >= 11 is 0. The van der Waals surface area contributed by atoms with E-state index in [4.69, 9.17) is 14.6 Å². The maximum atomic E-state index is 13.4. The first kappa shape index (κ1) is 23.7. The number of carbonyl (C=O) groups is 1. The number of hydrogen-bond donors (Lipinski definition) is 1. The molecular weight excluding hydrogens is 468 g/mol. The van der Waals surface area contributed by atoms with Crippen molar-refractivity contribution in [3.05, 3.63) is 65.4 Å². The summed E-state index contributed by atoms with van der Waals surface area (Å²) in [4.78, 5) is 15.4. The number of amides is 1. The van der Waals surface area contributed by atoms with E-state index < -0.39 is 9.84 Å². The van der Waals surface area contributed by atoms with Crippen LogP contribution in [0, 0.1) is 0 Å². The molecule has 3 heterocycles. The summed E-state index contributed by atoms with van der Waals surface area (Å²) in [6.45, 7) is 3.90. The summed E-state index contributed by atoms with van der Waals surface area (Å²) in [5, 5.41) is 8.02. The Balaban J connectivity index is 1.57. The molecule has 0 unspecified atom stereocenters. The first-order valence-electron chi connectivity index (χ1n) is 11.6. The van der Waals surface area contributed by atoms with Gasteiger partial charge >= 0.3 is 0 Å². The van der Waals surface area contributed by atoms with Gasteiger partial charge in [0.2, 0.25) is 0 Å². The number of carbonyl (C=O) groups excluding carboxylic acids is 1. The average molecular weight is 497 g/mol. The van der Waals surface area contributed by atoms with E-state index in [2.05, 4.69) is 5.32 Å². The Labute approximate surface area is 204 Å². The Bertz CT molecular complexity index is 1330. The van der Waals surface area contributed by atoms with E-state index >= 15 is 0 Å². The Morgan fingerprint density at radius 3 is 2.60 bits per heavy atom. The summed E-state index contributed by atoms with van der Waals surface area (Å²) in [6.07, 6.45) is 0. The fourth-order valence-corrected chi connectivity index (χ4v) is 6.10. The minimum Gasteiger partial charge on any atom is -0.383 e. The summed E-state index contributed by atoms with van der Waals surface area (Å²) in [5.74, 6) is -0.524. The highest BCUT2D eigenvalue weighted by Gasteiger charge is 2.37. The fourth-order valence-electron chi connectivity index (χ4n) is 4.50. The molecule has 1 aromatic heterocycles. The number of aromatic nitrogens is 2. The lowest BCUT2D eigenvalue weighted by molar-refractivity contribution is 0.0298. The van der Waals surface area contributed by atoms with Crippen molar-refractivity contribution in [2.45, 2.75) is 17.2 Å². The molecule has 184 valence electrons. The summed E-state index contributed by atoms with van der Waals surface area (Å²) in [6, 6.07) is 14.8. The molecule has 3 aromatic rings. The van der Waals surface area contributed by atoms with E-state index in [0.29, 0.717) is 56.3 Å². The van der Waals surface area contributed by atoms with E-state index in [1.54, 1.807) is 41.0 Å². The number of rotatable bonds is 7. The molecule has 1 N–H and O–H groups in total. The Morgan fingerprint density at radius 2 is 1.86 bits per heavy atom. The van der Waals surface area contributed by atoms with Gasteiger partial charge in [0.1, 0.15) is 0 Å². The van der Waals surface area contributed by atoms with Crippen LogP contribution in [-0.4, -0.2) is 75.6 Å². The first-order valence-corrected chi connectivity index (χ1v) is 13.2. The van der Waals surface area contributed by atoms with Crippen LogP contribution < -0.4 is 5.32 Å². The van der Waals surface area contributed by atoms with Gasteiger partial charge in [0.15, 0.2) is 15.5 Å². The molecule has 1 fully saturated rings. The lowest BCUT2D eigenvalue weighted by atomic mass is 10.0. The van der Waals surface area contributed by atoms with E-state index in [1.807, 2.05) is 24.3 Å². The van der Waals surface area contributed by atoms with Gasteiger partial charge < -0.3 is 19.7 Å². The highest BCUT2D eigenvalue weighted by Crippen LogP contribution is 2.40. The zero-order valence-corrected chi connectivity index (χ0v) is 20.4. The molecule has 0 saturated carbocycles. The summed E-state index contributed by atoms with van der Waals surface area (Å²) < 4.78 is 38.4. The van der Waals surface area contributed by atoms with Crippen LogP contribution in [0.5, 0.6) is 0 Å². The Kier molecular flexibility index (Phi) is 6.70. The summed E-state index contributed by atoms with van der Waals surface area (Å²) in [5.41, 5.74) is 3.71. The molecule has 2 aliphatic rings. The van der Waals surface area contributed by atoms with Gasteiger partial charge in [-0.05, 0) is 23.8 Å². The van der Waals surface area contributed by atoms with Crippen LogP contribution in [0.25, 0.3) is 16.9 Å². The Hall–Kier alpha value is -3.05. The van der Waals surface area contributed by atoms with Crippen LogP contribution in [0.15, 0.2) is 53.4 Å². The smallest absolute Gasteiger partial charge is 0.274 e. The normalized spacial score (nSPS) is 16.5. The molecule has 0 bridgehead atoms. The molecule has 0 spiro atoms. The third kappa shape index (κ3) is 4.62. The molecule has 2 aromatic carbocycles. The van der Waals surface area contributed by atoms with Gasteiger partial charge in [-0.3, -0.25) is 4.79 Å². The third-order valence-corrected chi connectivity index (χ3v) is 7.98. The SMILES string of the molecule is COCCNCc1ccc(-n2nc(C(=O)N3CCOCC3)c3c2-c2ccccc2S(=O)(=O)C3)cc1. The van der Waals surface area contributed by atoms with Gasteiger partial charge in [-0.1, -0.05) is 30.3 Å². The third-order valence-electron chi connectivity index (χ3n) is 6.29. The standard InChI is InChI=1S/C25H28N4O5S/c1-33-13-10-26-16-18-6-8-19(9-7-18)29-24-20-4-2-3-5-22(20)35(31,32)17-21(24)23(27-29)25(30)28-11-14-34-15-12-28/h2-9,26H,10-17H2,1H3. The number of nitrogens with zero attached hydrogens (tertiary/aromatic N) is 3. The van der Waals surface area contributed by atoms with Crippen molar-refractivity contribution >= 4 is 15.7 Å². The molecular formula is C25H28N4O5S. The van der Waals surface area contributed by atoms with Crippen LogP contribution >= 0.6 is 0 Å². The van der Waals surface area contributed by atoms with Crippen molar-refractivity contribution in [1.29, 1.82) is 0 Å². The lowest BCUT2D eigenvalue weighted by Gasteiger charge is -2.26.